The minimum absolute atomic E-state index is 0.140. The number of nitrogens with one attached hydrogen (secondary N) is 1. The van der Waals surface area contributed by atoms with E-state index in [9.17, 15) is 9.18 Å². The van der Waals surface area contributed by atoms with E-state index in [1.807, 2.05) is 66.1 Å². The van der Waals surface area contributed by atoms with Crippen LogP contribution in [-0.4, -0.2) is 26.4 Å². The molecule has 0 atom stereocenters. The molecule has 0 radical (unpaired) electrons. The summed E-state index contributed by atoms with van der Waals surface area (Å²) >= 11 is 1.28. The van der Waals surface area contributed by atoms with E-state index in [2.05, 4.69) is 15.5 Å². The van der Waals surface area contributed by atoms with Gasteiger partial charge in [-0.3, -0.25) is 9.36 Å². The Morgan fingerprint density at radius 3 is 2.37 bits per heavy atom. The normalized spacial score (nSPS) is 10.7. The van der Waals surface area contributed by atoms with Gasteiger partial charge >= 0.3 is 0 Å². The van der Waals surface area contributed by atoms with Gasteiger partial charge in [-0.05, 0) is 43.3 Å². The van der Waals surface area contributed by atoms with E-state index in [1.165, 1.54) is 23.9 Å². The summed E-state index contributed by atoms with van der Waals surface area (Å²) in [6.45, 7) is 1.99. The Morgan fingerprint density at radius 1 is 0.967 bits per heavy atom. The SMILES string of the molecule is Cc1ccc(NC(=O)CSc2nnc(-c3ccccc3)n2-c2ccc(F)cc2)cc1. The number of hydrogen-bond acceptors (Lipinski definition) is 4. The first-order chi connectivity index (χ1) is 14.6. The molecule has 0 bridgehead atoms. The zero-order valence-corrected chi connectivity index (χ0v) is 17.1. The van der Waals surface area contributed by atoms with E-state index in [-0.39, 0.29) is 17.5 Å². The molecule has 0 aliphatic rings. The van der Waals surface area contributed by atoms with Crippen LogP contribution in [0.4, 0.5) is 10.1 Å². The molecule has 30 heavy (non-hydrogen) atoms. The summed E-state index contributed by atoms with van der Waals surface area (Å²) in [5, 5.41) is 12.0. The van der Waals surface area contributed by atoms with Crippen LogP contribution >= 0.6 is 11.8 Å². The molecule has 4 aromatic rings. The van der Waals surface area contributed by atoms with Gasteiger partial charge < -0.3 is 5.32 Å². The molecular weight excluding hydrogens is 399 g/mol. The fourth-order valence-corrected chi connectivity index (χ4v) is 3.68. The van der Waals surface area contributed by atoms with Crippen molar-refractivity contribution in [1.82, 2.24) is 14.8 Å². The van der Waals surface area contributed by atoms with Crippen molar-refractivity contribution in [3.8, 4) is 17.1 Å². The summed E-state index contributed by atoms with van der Waals surface area (Å²) in [6.07, 6.45) is 0. The number of halogens is 1. The van der Waals surface area contributed by atoms with Crippen LogP contribution in [0.3, 0.4) is 0 Å². The van der Waals surface area contributed by atoms with Crippen LogP contribution in [0.2, 0.25) is 0 Å². The summed E-state index contributed by atoms with van der Waals surface area (Å²) < 4.78 is 15.3. The zero-order chi connectivity index (χ0) is 20.9. The standard InChI is InChI=1S/C23H19FN4OS/c1-16-7-11-19(12-8-16)25-21(29)15-30-23-27-26-22(17-5-3-2-4-6-17)28(23)20-13-9-18(24)10-14-20/h2-14H,15H2,1H3,(H,25,29). The average molecular weight is 418 g/mol. The van der Waals surface area contributed by atoms with Crippen LogP contribution in [0.25, 0.3) is 17.1 Å². The third-order valence-electron chi connectivity index (χ3n) is 4.42. The molecular formula is C23H19FN4OS. The van der Waals surface area contributed by atoms with E-state index in [0.29, 0.717) is 11.0 Å². The van der Waals surface area contributed by atoms with Gasteiger partial charge in [-0.15, -0.1) is 10.2 Å². The van der Waals surface area contributed by atoms with Gasteiger partial charge in [-0.1, -0.05) is 59.8 Å². The van der Waals surface area contributed by atoms with E-state index in [0.717, 1.165) is 22.5 Å². The van der Waals surface area contributed by atoms with Crippen molar-refractivity contribution in [3.05, 3.63) is 90.2 Å². The van der Waals surface area contributed by atoms with Gasteiger partial charge in [-0.2, -0.15) is 0 Å². The predicted octanol–water partition coefficient (Wildman–Crippen LogP) is 5.11. The molecule has 150 valence electrons. The number of aryl methyl sites for hydroxylation is 1. The minimum atomic E-state index is -0.320. The number of hydrogen-bond donors (Lipinski definition) is 1. The molecule has 7 heteroatoms. The van der Waals surface area contributed by atoms with Gasteiger partial charge in [-0.25, -0.2) is 4.39 Å². The summed E-state index contributed by atoms with van der Waals surface area (Å²) in [4.78, 5) is 12.4. The number of anilines is 1. The predicted molar refractivity (Wildman–Crippen MR) is 117 cm³/mol. The molecule has 0 saturated heterocycles. The maximum absolute atomic E-state index is 13.4. The lowest BCUT2D eigenvalue weighted by atomic mass is 10.2. The Bertz CT molecular complexity index is 1140. The molecule has 3 aromatic carbocycles. The highest BCUT2D eigenvalue weighted by Gasteiger charge is 2.17. The lowest BCUT2D eigenvalue weighted by Crippen LogP contribution is -2.14. The van der Waals surface area contributed by atoms with E-state index < -0.39 is 0 Å². The second kappa shape index (κ2) is 8.92. The molecule has 1 amide bonds. The molecule has 5 nitrogen and oxygen atoms in total. The summed E-state index contributed by atoms with van der Waals surface area (Å²) in [6, 6.07) is 23.4. The van der Waals surface area contributed by atoms with E-state index >= 15 is 0 Å². The van der Waals surface area contributed by atoms with E-state index in [1.54, 1.807) is 12.1 Å². The second-order valence-electron chi connectivity index (χ2n) is 6.69. The highest BCUT2D eigenvalue weighted by Crippen LogP contribution is 2.28. The fourth-order valence-electron chi connectivity index (χ4n) is 2.92. The number of carbonyl (C=O) groups excluding carboxylic acids is 1. The second-order valence-corrected chi connectivity index (χ2v) is 7.63. The first-order valence-corrected chi connectivity index (χ1v) is 10.3. The largest absolute Gasteiger partial charge is 0.325 e. The van der Waals surface area contributed by atoms with Crippen LogP contribution < -0.4 is 5.32 Å². The third-order valence-corrected chi connectivity index (χ3v) is 5.35. The number of carbonyl (C=O) groups is 1. The number of nitrogens with zero attached hydrogens (tertiary/aromatic N) is 3. The molecule has 0 aliphatic carbocycles. The van der Waals surface area contributed by atoms with Gasteiger partial charge in [0.15, 0.2) is 11.0 Å². The van der Waals surface area contributed by atoms with Crippen molar-refractivity contribution in [2.24, 2.45) is 0 Å². The fraction of sp³-hybridized carbons (Fsp3) is 0.0870. The van der Waals surface area contributed by atoms with Gasteiger partial charge in [0.1, 0.15) is 5.82 Å². The molecule has 1 N–H and O–H groups in total. The number of benzene rings is 3. The molecule has 0 spiro atoms. The molecule has 0 unspecified atom stereocenters. The maximum Gasteiger partial charge on any atom is 0.234 e. The molecule has 0 saturated carbocycles. The summed E-state index contributed by atoms with van der Waals surface area (Å²) in [5.41, 5.74) is 3.48. The number of amides is 1. The quantitative estimate of drug-likeness (QED) is 0.442. The monoisotopic (exact) mass is 418 g/mol. The first kappa shape index (κ1) is 19.8. The Labute approximate surface area is 178 Å². The highest BCUT2D eigenvalue weighted by molar-refractivity contribution is 7.99. The van der Waals surface area contributed by atoms with Crippen molar-refractivity contribution < 1.29 is 9.18 Å². The van der Waals surface area contributed by atoms with Crippen molar-refractivity contribution >= 4 is 23.4 Å². The maximum atomic E-state index is 13.4. The number of thioether (sulfide) groups is 1. The Morgan fingerprint density at radius 2 is 1.67 bits per heavy atom. The number of rotatable bonds is 6. The van der Waals surface area contributed by atoms with Crippen molar-refractivity contribution in [2.75, 3.05) is 11.1 Å². The number of aromatic nitrogens is 3. The molecule has 1 heterocycles. The molecule has 4 rings (SSSR count). The van der Waals surface area contributed by atoms with Crippen LogP contribution in [0, 0.1) is 12.7 Å². The Hall–Kier alpha value is -3.45. The summed E-state index contributed by atoms with van der Waals surface area (Å²) in [5.74, 6) is 0.337. The first-order valence-electron chi connectivity index (χ1n) is 9.36. The Kier molecular flexibility index (Phi) is 5.90. The van der Waals surface area contributed by atoms with Gasteiger partial charge in [0, 0.05) is 16.9 Å². The Balaban J connectivity index is 1.58. The van der Waals surface area contributed by atoms with Crippen LogP contribution in [0.1, 0.15) is 5.56 Å². The third kappa shape index (κ3) is 4.58. The van der Waals surface area contributed by atoms with Gasteiger partial charge in [0.25, 0.3) is 0 Å². The van der Waals surface area contributed by atoms with Crippen LogP contribution in [0.15, 0.2) is 84.0 Å². The minimum Gasteiger partial charge on any atom is -0.325 e. The van der Waals surface area contributed by atoms with Gasteiger partial charge in [0.05, 0.1) is 5.75 Å². The highest BCUT2D eigenvalue weighted by atomic mass is 32.2. The van der Waals surface area contributed by atoms with Crippen LogP contribution in [-0.2, 0) is 4.79 Å². The molecule has 0 fully saturated rings. The lowest BCUT2D eigenvalue weighted by molar-refractivity contribution is -0.113. The molecule has 0 aliphatic heterocycles. The average Bonchev–Trinajstić information content (AvgIpc) is 3.19. The van der Waals surface area contributed by atoms with E-state index in [4.69, 9.17) is 0 Å². The van der Waals surface area contributed by atoms with Crippen molar-refractivity contribution in [2.45, 2.75) is 12.1 Å². The van der Waals surface area contributed by atoms with Crippen molar-refractivity contribution in [1.29, 1.82) is 0 Å². The topological polar surface area (TPSA) is 59.8 Å². The zero-order valence-electron chi connectivity index (χ0n) is 16.2. The smallest absolute Gasteiger partial charge is 0.234 e. The van der Waals surface area contributed by atoms with Crippen LogP contribution in [0.5, 0.6) is 0 Å². The molecule has 1 aromatic heterocycles. The van der Waals surface area contributed by atoms with Gasteiger partial charge in [0.2, 0.25) is 5.91 Å². The lowest BCUT2D eigenvalue weighted by Gasteiger charge is -2.10. The van der Waals surface area contributed by atoms with Crippen molar-refractivity contribution in [3.63, 3.8) is 0 Å². The summed E-state index contributed by atoms with van der Waals surface area (Å²) in [7, 11) is 0.